The predicted molar refractivity (Wildman–Crippen MR) is 137 cm³/mol. The molecule has 1 N–H and O–H groups in total. The van der Waals surface area contributed by atoms with Crippen molar-refractivity contribution in [1.29, 1.82) is 0 Å². The summed E-state index contributed by atoms with van der Waals surface area (Å²) in [5, 5.41) is 8.82. The van der Waals surface area contributed by atoms with Crippen molar-refractivity contribution in [2.75, 3.05) is 37.6 Å². The van der Waals surface area contributed by atoms with Crippen LogP contribution in [0.25, 0.3) is 5.69 Å². The number of nitrogens with zero attached hydrogens (tertiary/aromatic N) is 4. The van der Waals surface area contributed by atoms with Crippen molar-refractivity contribution in [3.8, 4) is 5.69 Å². The highest BCUT2D eigenvalue weighted by atomic mass is 35.5. The van der Waals surface area contributed by atoms with Crippen molar-refractivity contribution in [2.24, 2.45) is 0 Å². The van der Waals surface area contributed by atoms with Crippen LogP contribution in [-0.4, -0.2) is 59.4 Å². The van der Waals surface area contributed by atoms with Crippen LogP contribution < -0.4 is 10.2 Å². The lowest BCUT2D eigenvalue weighted by atomic mass is 9.91. The van der Waals surface area contributed by atoms with Gasteiger partial charge in [0.2, 0.25) is 0 Å². The molecule has 2 aliphatic heterocycles. The zero-order chi connectivity index (χ0) is 23.7. The van der Waals surface area contributed by atoms with Crippen LogP contribution in [0.5, 0.6) is 0 Å². The molecule has 0 radical (unpaired) electrons. The molecular weight excluding hydrogens is 446 g/mol. The number of rotatable bonds is 4. The Kier molecular flexibility index (Phi) is 6.61. The van der Waals surface area contributed by atoms with Crippen LogP contribution in [0.4, 0.5) is 5.69 Å². The van der Waals surface area contributed by atoms with Crippen LogP contribution in [0.3, 0.4) is 0 Å². The molecule has 7 heteroatoms. The van der Waals surface area contributed by atoms with Gasteiger partial charge in [0.15, 0.2) is 0 Å². The fraction of sp³-hybridized carbons (Fsp3) is 0.407. The zero-order valence-corrected chi connectivity index (χ0v) is 20.6. The number of carbonyl (C=O) groups is 1. The fourth-order valence-corrected chi connectivity index (χ4v) is 5.43. The van der Waals surface area contributed by atoms with Crippen LogP contribution in [0.1, 0.15) is 47.3 Å². The molecule has 178 valence electrons. The van der Waals surface area contributed by atoms with Gasteiger partial charge < -0.3 is 15.1 Å². The molecule has 2 aliphatic rings. The van der Waals surface area contributed by atoms with E-state index in [-0.39, 0.29) is 11.9 Å². The molecule has 1 atom stereocenters. The second-order valence-electron chi connectivity index (χ2n) is 9.49. The van der Waals surface area contributed by atoms with Gasteiger partial charge >= 0.3 is 0 Å². The number of piperidine rings is 1. The molecule has 2 saturated heterocycles. The molecule has 0 spiro atoms. The molecule has 6 nitrogen and oxygen atoms in total. The smallest absolute Gasteiger partial charge is 0.257 e. The zero-order valence-electron chi connectivity index (χ0n) is 19.9. The van der Waals surface area contributed by atoms with Crippen molar-refractivity contribution in [3.63, 3.8) is 0 Å². The molecule has 0 bridgehead atoms. The molecule has 3 aromatic rings. The van der Waals surface area contributed by atoms with Crippen molar-refractivity contribution in [3.05, 3.63) is 76.6 Å². The third kappa shape index (κ3) is 4.57. The minimum absolute atomic E-state index is 0.0875. The highest BCUT2D eigenvalue weighted by molar-refractivity contribution is 6.30. The minimum Gasteiger partial charge on any atom is -0.365 e. The summed E-state index contributed by atoms with van der Waals surface area (Å²) in [5.74, 6) is 0.383. The number of amides is 1. The fourth-order valence-electron chi connectivity index (χ4n) is 5.30. The molecule has 0 aliphatic carbocycles. The van der Waals surface area contributed by atoms with E-state index in [9.17, 15) is 4.79 Å². The van der Waals surface area contributed by atoms with Gasteiger partial charge in [-0.05, 0) is 81.7 Å². The standard InChI is InChI=1S/C27H32ClN5O/c1-19-4-3-5-24(16-19)32-15-14-31(18-20(32)2)27(34)25-17-30-33(23-8-6-22(28)7-9-23)26(25)21-10-12-29-13-11-21/h3-9,16-17,20-21,29H,10-15,18H2,1-2H3/t20-/m1/s1. The normalized spacial score (nSPS) is 19.4. The average Bonchev–Trinajstić information content (AvgIpc) is 3.29. The van der Waals surface area contributed by atoms with Crippen molar-refractivity contribution < 1.29 is 4.79 Å². The van der Waals surface area contributed by atoms with E-state index in [0.717, 1.165) is 49.4 Å². The third-order valence-electron chi connectivity index (χ3n) is 7.08. The summed E-state index contributed by atoms with van der Waals surface area (Å²) in [5.41, 5.74) is 5.19. The predicted octanol–water partition coefficient (Wildman–Crippen LogP) is 4.65. The van der Waals surface area contributed by atoms with Gasteiger partial charge in [-0.15, -0.1) is 0 Å². The van der Waals surface area contributed by atoms with Crippen molar-refractivity contribution in [1.82, 2.24) is 20.0 Å². The van der Waals surface area contributed by atoms with Crippen LogP contribution in [-0.2, 0) is 0 Å². The molecular formula is C27H32ClN5O. The maximum absolute atomic E-state index is 13.8. The molecule has 2 fully saturated rings. The summed E-state index contributed by atoms with van der Waals surface area (Å²) < 4.78 is 1.95. The highest BCUT2D eigenvalue weighted by Gasteiger charge is 2.32. The second-order valence-corrected chi connectivity index (χ2v) is 9.93. The van der Waals surface area contributed by atoms with E-state index in [2.05, 4.69) is 48.3 Å². The first-order valence-corrected chi connectivity index (χ1v) is 12.6. The maximum atomic E-state index is 13.8. The van der Waals surface area contributed by atoms with E-state index in [1.807, 2.05) is 33.8 Å². The van der Waals surface area contributed by atoms with Gasteiger partial charge in [-0.2, -0.15) is 5.10 Å². The lowest BCUT2D eigenvalue weighted by molar-refractivity contribution is 0.0724. The van der Waals surface area contributed by atoms with Gasteiger partial charge in [0.1, 0.15) is 0 Å². The summed E-state index contributed by atoms with van der Waals surface area (Å²) in [6.07, 6.45) is 3.76. The summed E-state index contributed by atoms with van der Waals surface area (Å²) >= 11 is 6.12. The summed E-state index contributed by atoms with van der Waals surface area (Å²) in [6.45, 7) is 8.46. The Bertz CT molecular complexity index is 1150. The van der Waals surface area contributed by atoms with Crippen LogP contribution in [0.15, 0.2) is 54.7 Å². The number of nitrogens with one attached hydrogen (secondary N) is 1. The third-order valence-corrected chi connectivity index (χ3v) is 7.33. The first-order chi connectivity index (χ1) is 16.5. The number of carbonyl (C=O) groups excluding carboxylic acids is 1. The van der Waals surface area contributed by atoms with Gasteiger partial charge in [0, 0.05) is 42.3 Å². The van der Waals surface area contributed by atoms with Gasteiger partial charge in [0.25, 0.3) is 5.91 Å². The van der Waals surface area contributed by atoms with E-state index in [1.165, 1.54) is 11.3 Å². The van der Waals surface area contributed by atoms with E-state index in [0.29, 0.717) is 24.0 Å². The van der Waals surface area contributed by atoms with Gasteiger partial charge in [-0.1, -0.05) is 23.7 Å². The number of benzene rings is 2. The first-order valence-electron chi connectivity index (χ1n) is 12.2. The number of hydrogen-bond acceptors (Lipinski definition) is 4. The Labute approximate surface area is 206 Å². The Morgan fingerprint density at radius 1 is 1.06 bits per heavy atom. The van der Waals surface area contributed by atoms with Crippen molar-refractivity contribution >= 4 is 23.2 Å². The van der Waals surface area contributed by atoms with Gasteiger partial charge in [0.05, 0.1) is 23.1 Å². The number of hydrogen-bond donors (Lipinski definition) is 1. The molecule has 0 saturated carbocycles. The molecule has 3 heterocycles. The Morgan fingerprint density at radius 3 is 2.53 bits per heavy atom. The highest BCUT2D eigenvalue weighted by Crippen LogP contribution is 2.32. The topological polar surface area (TPSA) is 53.4 Å². The SMILES string of the molecule is Cc1cccc(N2CCN(C(=O)c3cnn(-c4ccc(Cl)cc4)c3C3CCNCC3)C[C@H]2C)c1. The summed E-state index contributed by atoms with van der Waals surface area (Å²) in [6, 6.07) is 16.5. The average molecular weight is 478 g/mol. The van der Waals surface area contributed by atoms with E-state index in [1.54, 1.807) is 6.20 Å². The van der Waals surface area contributed by atoms with Gasteiger partial charge in [-0.25, -0.2) is 4.68 Å². The van der Waals surface area contributed by atoms with Crippen LogP contribution >= 0.6 is 11.6 Å². The van der Waals surface area contributed by atoms with E-state index in [4.69, 9.17) is 16.7 Å². The molecule has 34 heavy (non-hydrogen) atoms. The van der Waals surface area contributed by atoms with Crippen LogP contribution in [0.2, 0.25) is 5.02 Å². The quantitative estimate of drug-likeness (QED) is 0.594. The largest absolute Gasteiger partial charge is 0.365 e. The number of aryl methyl sites for hydroxylation is 1. The maximum Gasteiger partial charge on any atom is 0.257 e. The monoisotopic (exact) mass is 477 g/mol. The molecule has 2 aromatic carbocycles. The lowest BCUT2D eigenvalue weighted by Gasteiger charge is -2.41. The molecule has 1 amide bonds. The molecule has 5 rings (SSSR count). The minimum atomic E-state index is 0.0875. The van der Waals surface area contributed by atoms with E-state index >= 15 is 0 Å². The van der Waals surface area contributed by atoms with Crippen molar-refractivity contribution in [2.45, 2.75) is 38.6 Å². The molecule has 1 aromatic heterocycles. The number of anilines is 1. The second kappa shape index (κ2) is 9.80. The number of halogens is 1. The Balaban J connectivity index is 1.42. The Hall–Kier alpha value is -2.83. The Morgan fingerprint density at radius 2 is 1.82 bits per heavy atom. The first kappa shape index (κ1) is 22.9. The number of aromatic nitrogens is 2. The lowest BCUT2D eigenvalue weighted by Crippen LogP contribution is -2.54. The van der Waals surface area contributed by atoms with Gasteiger partial charge in [-0.3, -0.25) is 4.79 Å². The summed E-state index contributed by atoms with van der Waals surface area (Å²) in [7, 11) is 0. The number of piperazine rings is 1. The van der Waals surface area contributed by atoms with Crippen LogP contribution in [0, 0.1) is 6.92 Å². The van der Waals surface area contributed by atoms with E-state index < -0.39 is 0 Å². The molecule has 0 unspecified atom stereocenters. The summed E-state index contributed by atoms with van der Waals surface area (Å²) in [4.78, 5) is 18.2.